The minimum atomic E-state index is -0.273. The van der Waals surface area contributed by atoms with Crippen LogP contribution in [0.4, 0.5) is 10.1 Å². The molecular weight excluding hydrogens is 413 g/mol. The monoisotopic (exact) mass is 433 g/mol. The van der Waals surface area contributed by atoms with E-state index in [1.165, 1.54) is 17.7 Å². The number of ether oxygens (including phenoxy) is 1. The maximum atomic E-state index is 13.0. The molecule has 3 aromatic carbocycles. The number of halogens is 1. The lowest BCUT2D eigenvalue weighted by molar-refractivity contribution is 0.102. The van der Waals surface area contributed by atoms with E-state index in [9.17, 15) is 9.18 Å². The van der Waals surface area contributed by atoms with E-state index < -0.39 is 0 Å². The Labute approximate surface area is 183 Å². The third-order valence-corrected chi connectivity index (χ3v) is 5.44. The number of aryl methyl sites for hydroxylation is 2. The van der Waals surface area contributed by atoms with Crippen molar-refractivity contribution in [3.8, 4) is 10.9 Å². The van der Waals surface area contributed by atoms with Gasteiger partial charge in [-0.05, 0) is 79.1 Å². The molecule has 0 spiro atoms. The fourth-order valence-electron chi connectivity index (χ4n) is 2.93. The smallest absolute Gasteiger partial charge is 0.298 e. The van der Waals surface area contributed by atoms with Crippen LogP contribution in [0.25, 0.3) is 0 Å². The highest BCUT2D eigenvalue weighted by Crippen LogP contribution is 2.24. The number of amides is 1. The average Bonchev–Trinajstić information content (AvgIpc) is 3.19. The van der Waals surface area contributed by atoms with E-state index in [4.69, 9.17) is 4.74 Å². The Morgan fingerprint density at radius 2 is 1.74 bits per heavy atom. The maximum absolute atomic E-state index is 13.0. The minimum Gasteiger partial charge on any atom is -0.430 e. The molecule has 4 aromatic rings. The van der Waals surface area contributed by atoms with Crippen LogP contribution in [0.1, 0.15) is 32.9 Å². The van der Waals surface area contributed by atoms with Gasteiger partial charge in [0.05, 0.1) is 0 Å². The second-order valence-corrected chi connectivity index (χ2v) is 7.87. The molecule has 1 heterocycles. The predicted molar refractivity (Wildman–Crippen MR) is 120 cm³/mol. The first kappa shape index (κ1) is 20.7. The van der Waals surface area contributed by atoms with Gasteiger partial charge in [-0.15, -0.1) is 0 Å². The number of nitrogens with one attached hydrogen (secondary N) is 1. The molecule has 4 rings (SSSR count). The van der Waals surface area contributed by atoms with Gasteiger partial charge in [-0.25, -0.2) is 4.39 Å². The van der Waals surface area contributed by atoms with Crippen LogP contribution in [0.2, 0.25) is 0 Å². The predicted octanol–water partition coefficient (Wildman–Crippen LogP) is 5.93. The van der Waals surface area contributed by atoms with Gasteiger partial charge in [0.1, 0.15) is 11.6 Å². The molecule has 1 aromatic heterocycles. The number of nitrogens with zero attached hydrogens (tertiary/aromatic N) is 2. The summed E-state index contributed by atoms with van der Waals surface area (Å²) in [6.07, 6.45) is 0.498. The van der Waals surface area contributed by atoms with Crippen molar-refractivity contribution in [2.45, 2.75) is 20.3 Å². The summed E-state index contributed by atoms with van der Waals surface area (Å²) < 4.78 is 23.1. The highest BCUT2D eigenvalue weighted by molar-refractivity contribution is 7.07. The minimum absolute atomic E-state index is 0.188. The Morgan fingerprint density at radius 1 is 1.00 bits per heavy atom. The fourth-order valence-corrected chi connectivity index (χ4v) is 3.50. The number of aromatic nitrogens is 2. The van der Waals surface area contributed by atoms with Gasteiger partial charge < -0.3 is 10.1 Å². The van der Waals surface area contributed by atoms with E-state index in [-0.39, 0.29) is 11.7 Å². The van der Waals surface area contributed by atoms with Crippen LogP contribution >= 0.6 is 11.5 Å². The normalized spacial score (nSPS) is 10.7. The van der Waals surface area contributed by atoms with Crippen molar-refractivity contribution in [1.29, 1.82) is 0 Å². The summed E-state index contributed by atoms with van der Waals surface area (Å²) in [4.78, 5) is 16.8. The van der Waals surface area contributed by atoms with Gasteiger partial charge in [0.2, 0.25) is 0 Å². The molecule has 156 valence electrons. The Hall–Kier alpha value is -3.58. The standard InChI is InChI=1S/C24H20FN3O2S/c1-15-3-10-20(13-16(15)2)26-23(29)18-6-11-21(12-7-18)30-24-27-22(28-31-24)14-17-4-8-19(25)9-5-17/h3-13H,14H2,1-2H3,(H,26,29). The molecule has 0 atom stereocenters. The van der Waals surface area contributed by atoms with E-state index in [0.717, 1.165) is 28.3 Å². The van der Waals surface area contributed by atoms with Crippen LogP contribution in [-0.4, -0.2) is 15.3 Å². The van der Waals surface area contributed by atoms with Crippen molar-refractivity contribution < 1.29 is 13.9 Å². The first-order valence-corrected chi connectivity index (χ1v) is 10.5. The van der Waals surface area contributed by atoms with Crippen LogP contribution in [0, 0.1) is 19.7 Å². The highest BCUT2D eigenvalue weighted by atomic mass is 32.1. The van der Waals surface area contributed by atoms with Crippen molar-refractivity contribution in [2.24, 2.45) is 0 Å². The summed E-state index contributed by atoms with van der Waals surface area (Å²) in [5, 5.41) is 3.31. The Bertz CT molecular complexity index is 1200. The van der Waals surface area contributed by atoms with E-state index in [2.05, 4.69) is 14.7 Å². The SMILES string of the molecule is Cc1ccc(NC(=O)c2ccc(Oc3nc(Cc4ccc(F)cc4)ns3)cc2)cc1C. The number of carbonyl (C=O) groups excluding carboxylic acids is 1. The second kappa shape index (κ2) is 9.06. The summed E-state index contributed by atoms with van der Waals surface area (Å²) in [5.41, 5.74) is 4.51. The molecule has 0 aliphatic rings. The molecule has 5 nitrogen and oxygen atoms in total. The summed E-state index contributed by atoms with van der Waals surface area (Å²) in [6, 6.07) is 18.9. The topological polar surface area (TPSA) is 64.1 Å². The number of hydrogen-bond acceptors (Lipinski definition) is 5. The van der Waals surface area contributed by atoms with Gasteiger partial charge in [0, 0.05) is 29.2 Å². The third kappa shape index (κ3) is 5.32. The largest absolute Gasteiger partial charge is 0.430 e. The first-order valence-electron chi connectivity index (χ1n) is 9.70. The van der Waals surface area contributed by atoms with Gasteiger partial charge >= 0.3 is 0 Å². The molecule has 7 heteroatoms. The second-order valence-electron chi connectivity index (χ2n) is 7.16. The molecule has 0 fully saturated rings. The van der Waals surface area contributed by atoms with Gasteiger partial charge in [0.25, 0.3) is 11.1 Å². The zero-order valence-corrected chi connectivity index (χ0v) is 17.9. The van der Waals surface area contributed by atoms with Gasteiger partial charge in [-0.1, -0.05) is 18.2 Å². The molecule has 0 bridgehead atoms. The van der Waals surface area contributed by atoms with Crippen molar-refractivity contribution in [1.82, 2.24) is 9.36 Å². The van der Waals surface area contributed by atoms with E-state index >= 15 is 0 Å². The summed E-state index contributed by atoms with van der Waals surface area (Å²) in [6.45, 7) is 4.04. The third-order valence-electron chi connectivity index (χ3n) is 4.81. The fraction of sp³-hybridized carbons (Fsp3) is 0.125. The number of rotatable bonds is 6. The van der Waals surface area contributed by atoms with E-state index in [1.54, 1.807) is 36.4 Å². The lowest BCUT2D eigenvalue weighted by atomic mass is 10.1. The summed E-state index contributed by atoms with van der Waals surface area (Å²) in [5.74, 6) is 0.709. The Kier molecular flexibility index (Phi) is 6.04. The number of carbonyl (C=O) groups is 1. The molecule has 1 N–H and O–H groups in total. The molecule has 0 radical (unpaired) electrons. The van der Waals surface area contributed by atoms with Gasteiger partial charge in [0.15, 0.2) is 5.82 Å². The van der Waals surface area contributed by atoms with Crippen molar-refractivity contribution >= 4 is 23.1 Å². The molecule has 0 saturated carbocycles. The first-order chi connectivity index (χ1) is 15.0. The van der Waals surface area contributed by atoms with Crippen LogP contribution in [0.5, 0.6) is 10.9 Å². The molecule has 0 aliphatic heterocycles. The number of benzene rings is 3. The van der Waals surface area contributed by atoms with Crippen LogP contribution in [0.15, 0.2) is 66.7 Å². The highest BCUT2D eigenvalue weighted by Gasteiger charge is 2.10. The van der Waals surface area contributed by atoms with Crippen molar-refractivity contribution in [3.63, 3.8) is 0 Å². The van der Waals surface area contributed by atoms with Crippen LogP contribution in [0.3, 0.4) is 0 Å². The van der Waals surface area contributed by atoms with Crippen molar-refractivity contribution in [3.05, 3.63) is 101 Å². The molecule has 0 saturated heterocycles. The van der Waals surface area contributed by atoms with Crippen LogP contribution in [-0.2, 0) is 6.42 Å². The Morgan fingerprint density at radius 3 is 2.45 bits per heavy atom. The summed E-state index contributed by atoms with van der Waals surface area (Å²) >= 11 is 1.14. The summed E-state index contributed by atoms with van der Waals surface area (Å²) in [7, 11) is 0. The molecule has 0 unspecified atom stereocenters. The number of anilines is 1. The van der Waals surface area contributed by atoms with Crippen LogP contribution < -0.4 is 10.1 Å². The average molecular weight is 434 g/mol. The zero-order valence-electron chi connectivity index (χ0n) is 17.1. The number of hydrogen-bond donors (Lipinski definition) is 1. The van der Waals surface area contributed by atoms with E-state index in [0.29, 0.717) is 28.8 Å². The molecule has 1 amide bonds. The van der Waals surface area contributed by atoms with E-state index in [1.807, 2.05) is 32.0 Å². The lowest BCUT2D eigenvalue weighted by Crippen LogP contribution is -2.11. The maximum Gasteiger partial charge on any atom is 0.298 e. The lowest BCUT2D eigenvalue weighted by Gasteiger charge is -2.08. The van der Waals surface area contributed by atoms with Gasteiger partial charge in [-0.3, -0.25) is 4.79 Å². The molecule has 31 heavy (non-hydrogen) atoms. The quantitative estimate of drug-likeness (QED) is 0.409. The van der Waals surface area contributed by atoms with Crippen molar-refractivity contribution in [2.75, 3.05) is 5.32 Å². The molecule has 0 aliphatic carbocycles. The van der Waals surface area contributed by atoms with Gasteiger partial charge in [-0.2, -0.15) is 9.36 Å². The Balaban J connectivity index is 1.37. The zero-order chi connectivity index (χ0) is 21.8. The molecular formula is C24H20FN3O2S.